The molecule has 1 atom stereocenters. The van der Waals surface area contributed by atoms with Crippen LogP contribution in [0.15, 0.2) is 22.7 Å². The van der Waals surface area contributed by atoms with Crippen molar-refractivity contribution in [2.24, 2.45) is 0 Å². The molecule has 0 bridgehead atoms. The highest BCUT2D eigenvalue weighted by molar-refractivity contribution is 5.43. The van der Waals surface area contributed by atoms with Gasteiger partial charge in [0.05, 0.1) is 13.7 Å². The zero-order chi connectivity index (χ0) is 14.7. The Kier molecular flexibility index (Phi) is 4.06. The van der Waals surface area contributed by atoms with Crippen LogP contribution in [0.1, 0.15) is 29.7 Å². The molecule has 1 N–H and O–H groups in total. The first-order chi connectivity index (χ1) is 10.3. The van der Waals surface area contributed by atoms with Crippen LogP contribution in [-0.4, -0.2) is 30.4 Å². The molecule has 1 aliphatic rings. The van der Waals surface area contributed by atoms with Gasteiger partial charge in [-0.1, -0.05) is 5.16 Å². The Morgan fingerprint density at radius 2 is 2.33 bits per heavy atom. The second-order valence-electron chi connectivity index (χ2n) is 5.03. The second-order valence-corrected chi connectivity index (χ2v) is 5.03. The van der Waals surface area contributed by atoms with Gasteiger partial charge in [-0.05, 0) is 25.1 Å². The van der Waals surface area contributed by atoms with Gasteiger partial charge in [-0.3, -0.25) is 0 Å². The Morgan fingerprint density at radius 3 is 3.10 bits per heavy atom. The number of hydrogen-bond donors (Lipinski definition) is 1. The number of methoxy groups -OCH3 is 1. The summed E-state index contributed by atoms with van der Waals surface area (Å²) in [4.78, 5) is 4.20. The summed E-state index contributed by atoms with van der Waals surface area (Å²) in [6, 6.07) is 6.17. The summed E-state index contributed by atoms with van der Waals surface area (Å²) in [6.45, 7) is 3.32. The molecule has 0 amide bonds. The van der Waals surface area contributed by atoms with E-state index in [0.717, 1.165) is 43.1 Å². The zero-order valence-electron chi connectivity index (χ0n) is 12.3. The third-order valence-electron chi connectivity index (χ3n) is 3.56. The van der Waals surface area contributed by atoms with E-state index in [-0.39, 0.29) is 6.04 Å². The van der Waals surface area contributed by atoms with Gasteiger partial charge >= 0.3 is 0 Å². The quantitative estimate of drug-likeness (QED) is 0.908. The summed E-state index contributed by atoms with van der Waals surface area (Å²) in [7, 11) is 1.67. The SMILES string of the molecule is COc1ccc2c(c1)C(NCCc1nc(C)no1)CCO2. The molecule has 3 rings (SSSR count). The summed E-state index contributed by atoms with van der Waals surface area (Å²) in [5.74, 6) is 3.11. The minimum Gasteiger partial charge on any atom is -0.497 e. The van der Waals surface area contributed by atoms with Crippen molar-refractivity contribution in [3.63, 3.8) is 0 Å². The highest BCUT2D eigenvalue weighted by Gasteiger charge is 2.21. The molecule has 6 heteroatoms. The normalized spacial score (nSPS) is 17.1. The first kappa shape index (κ1) is 13.9. The molecule has 1 aromatic carbocycles. The maximum atomic E-state index is 5.68. The number of benzene rings is 1. The van der Waals surface area contributed by atoms with Gasteiger partial charge in [-0.15, -0.1) is 0 Å². The Morgan fingerprint density at radius 1 is 1.43 bits per heavy atom. The molecule has 0 spiro atoms. The maximum absolute atomic E-state index is 5.68. The summed E-state index contributed by atoms with van der Waals surface area (Å²) in [6.07, 6.45) is 1.65. The molecular weight excluding hydrogens is 270 g/mol. The molecule has 1 aromatic heterocycles. The lowest BCUT2D eigenvalue weighted by molar-refractivity contribution is 0.251. The lowest BCUT2D eigenvalue weighted by Crippen LogP contribution is -2.28. The van der Waals surface area contributed by atoms with Crippen molar-refractivity contribution < 1.29 is 14.0 Å². The molecule has 21 heavy (non-hydrogen) atoms. The van der Waals surface area contributed by atoms with Crippen molar-refractivity contribution in [2.45, 2.75) is 25.8 Å². The first-order valence-corrected chi connectivity index (χ1v) is 7.09. The van der Waals surface area contributed by atoms with E-state index in [1.54, 1.807) is 7.11 Å². The molecule has 0 fully saturated rings. The number of nitrogens with one attached hydrogen (secondary N) is 1. The van der Waals surface area contributed by atoms with E-state index in [0.29, 0.717) is 11.7 Å². The summed E-state index contributed by atoms with van der Waals surface area (Å²) < 4.78 is 16.1. The predicted molar refractivity (Wildman–Crippen MR) is 76.6 cm³/mol. The van der Waals surface area contributed by atoms with Crippen LogP contribution in [0.25, 0.3) is 0 Å². The van der Waals surface area contributed by atoms with E-state index < -0.39 is 0 Å². The highest BCUT2D eigenvalue weighted by Crippen LogP contribution is 2.34. The summed E-state index contributed by atoms with van der Waals surface area (Å²) in [5, 5.41) is 7.31. The number of aryl methyl sites for hydroxylation is 1. The second kappa shape index (κ2) is 6.13. The molecule has 2 heterocycles. The van der Waals surface area contributed by atoms with Gasteiger partial charge in [0.2, 0.25) is 5.89 Å². The van der Waals surface area contributed by atoms with Crippen LogP contribution in [0, 0.1) is 6.92 Å². The van der Waals surface area contributed by atoms with Gasteiger partial charge in [-0.25, -0.2) is 0 Å². The van der Waals surface area contributed by atoms with E-state index in [9.17, 15) is 0 Å². The number of hydrogen-bond acceptors (Lipinski definition) is 6. The zero-order valence-corrected chi connectivity index (χ0v) is 12.3. The Bertz CT molecular complexity index is 612. The molecular formula is C15H19N3O3. The standard InChI is InChI=1S/C15H19N3O3/c1-10-17-15(21-18-10)5-7-16-13-6-8-20-14-4-3-11(19-2)9-12(13)14/h3-4,9,13,16H,5-8H2,1-2H3. The monoisotopic (exact) mass is 289 g/mol. The summed E-state index contributed by atoms with van der Waals surface area (Å²) >= 11 is 0. The smallest absolute Gasteiger partial charge is 0.227 e. The van der Waals surface area contributed by atoms with Crippen molar-refractivity contribution in [1.29, 1.82) is 0 Å². The summed E-state index contributed by atoms with van der Waals surface area (Å²) in [5.41, 5.74) is 1.14. The lowest BCUT2D eigenvalue weighted by atomic mass is 10.00. The van der Waals surface area contributed by atoms with Crippen LogP contribution in [0.3, 0.4) is 0 Å². The molecule has 0 aliphatic carbocycles. The van der Waals surface area contributed by atoms with Gasteiger partial charge in [0.1, 0.15) is 11.5 Å². The van der Waals surface area contributed by atoms with Crippen LogP contribution in [0.5, 0.6) is 11.5 Å². The highest BCUT2D eigenvalue weighted by atomic mass is 16.5. The Labute approximate surface area is 123 Å². The van der Waals surface area contributed by atoms with Crippen molar-refractivity contribution in [3.05, 3.63) is 35.5 Å². The van der Waals surface area contributed by atoms with E-state index >= 15 is 0 Å². The first-order valence-electron chi connectivity index (χ1n) is 7.09. The van der Waals surface area contributed by atoms with Crippen LogP contribution in [-0.2, 0) is 6.42 Å². The fourth-order valence-electron chi connectivity index (χ4n) is 2.51. The third-order valence-corrected chi connectivity index (χ3v) is 3.56. The molecule has 1 unspecified atom stereocenters. The van der Waals surface area contributed by atoms with E-state index in [4.69, 9.17) is 14.0 Å². The van der Waals surface area contributed by atoms with Crippen LogP contribution in [0.4, 0.5) is 0 Å². The fraction of sp³-hybridized carbons (Fsp3) is 0.467. The number of rotatable bonds is 5. The van der Waals surface area contributed by atoms with Gasteiger partial charge < -0.3 is 19.3 Å². The van der Waals surface area contributed by atoms with E-state index in [2.05, 4.69) is 15.5 Å². The topological polar surface area (TPSA) is 69.4 Å². The van der Waals surface area contributed by atoms with Crippen LogP contribution >= 0.6 is 0 Å². The van der Waals surface area contributed by atoms with Crippen molar-refractivity contribution in [1.82, 2.24) is 15.5 Å². The van der Waals surface area contributed by atoms with Crippen molar-refractivity contribution in [3.8, 4) is 11.5 Å². The molecule has 112 valence electrons. The van der Waals surface area contributed by atoms with Gasteiger partial charge in [0, 0.05) is 31.0 Å². The number of fused-ring (bicyclic) bond motifs is 1. The Balaban J connectivity index is 1.64. The number of ether oxygens (including phenoxy) is 2. The number of nitrogens with zero attached hydrogens (tertiary/aromatic N) is 2. The van der Waals surface area contributed by atoms with Crippen LogP contribution in [0.2, 0.25) is 0 Å². The van der Waals surface area contributed by atoms with Gasteiger partial charge in [0.25, 0.3) is 0 Å². The minimum atomic E-state index is 0.257. The molecule has 6 nitrogen and oxygen atoms in total. The van der Waals surface area contributed by atoms with Gasteiger partial charge in [-0.2, -0.15) is 4.98 Å². The molecule has 0 saturated carbocycles. The average molecular weight is 289 g/mol. The maximum Gasteiger partial charge on any atom is 0.227 e. The Hall–Kier alpha value is -2.08. The average Bonchev–Trinajstić information content (AvgIpc) is 2.92. The van der Waals surface area contributed by atoms with E-state index in [1.165, 1.54) is 0 Å². The largest absolute Gasteiger partial charge is 0.497 e. The third kappa shape index (κ3) is 3.16. The van der Waals surface area contributed by atoms with E-state index in [1.807, 2.05) is 25.1 Å². The molecule has 0 radical (unpaired) electrons. The lowest BCUT2D eigenvalue weighted by Gasteiger charge is -2.27. The van der Waals surface area contributed by atoms with Gasteiger partial charge in [0.15, 0.2) is 5.82 Å². The molecule has 2 aromatic rings. The predicted octanol–water partition coefficient (Wildman–Crippen LogP) is 2.04. The fourth-order valence-corrected chi connectivity index (χ4v) is 2.51. The van der Waals surface area contributed by atoms with Crippen LogP contribution < -0.4 is 14.8 Å². The molecule has 0 saturated heterocycles. The number of aromatic nitrogens is 2. The van der Waals surface area contributed by atoms with Crippen molar-refractivity contribution >= 4 is 0 Å². The van der Waals surface area contributed by atoms with Crippen molar-refractivity contribution in [2.75, 3.05) is 20.3 Å². The minimum absolute atomic E-state index is 0.257. The molecule has 1 aliphatic heterocycles.